The number of hydrogen-bond donors (Lipinski definition) is 3. The highest BCUT2D eigenvalue weighted by atomic mass is 16.5. The summed E-state index contributed by atoms with van der Waals surface area (Å²) in [6.07, 6.45) is 2.79. The van der Waals surface area contributed by atoms with Gasteiger partial charge in [-0.05, 0) is 61.3 Å². The zero-order valence-corrected chi connectivity index (χ0v) is 16.2. The molecule has 0 aliphatic carbocycles. The molecular weight excluding hydrogens is 350 g/mol. The second kappa shape index (κ2) is 8.07. The molecule has 2 aromatic carbocycles. The molecule has 2 aromatic rings. The Kier molecular flexibility index (Phi) is 5.35. The van der Waals surface area contributed by atoms with Crippen molar-refractivity contribution in [3.05, 3.63) is 71.8 Å². The molecule has 0 radical (unpaired) electrons. The summed E-state index contributed by atoms with van der Waals surface area (Å²) in [6.45, 7) is 7.77. The number of rotatable bonds is 6. The third kappa shape index (κ3) is 3.50. The molecule has 3 N–H and O–H groups in total. The molecule has 3 atom stereocenters. The SMILES string of the molecule is C=CCNC(=O)c1ccc2c(c1)[C@H]1NCC[C@H]1C(c1ccc(OCC)cc1)N2. The van der Waals surface area contributed by atoms with E-state index in [0.29, 0.717) is 24.6 Å². The number of carbonyl (C=O) groups is 1. The van der Waals surface area contributed by atoms with Gasteiger partial charge >= 0.3 is 0 Å². The number of benzene rings is 2. The Labute approximate surface area is 166 Å². The lowest BCUT2D eigenvalue weighted by Gasteiger charge is -2.37. The Hall–Kier alpha value is -2.79. The highest BCUT2D eigenvalue weighted by molar-refractivity contribution is 5.95. The van der Waals surface area contributed by atoms with Gasteiger partial charge in [-0.1, -0.05) is 18.2 Å². The molecule has 0 saturated carbocycles. The molecule has 0 aromatic heterocycles. The minimum atomic E-state index is -0.0640. The second-order valence-electron chi connectivity index (χ2n) is 7.31. The standard InChI is InChI=1S/C23H27N3O2/c1-3-12-25-23(27)16-7-10-20-19(14-16)22-18(11-13-24-22)21(26-20)15-5-8-17(9-6-15)28-4-2/h3,5-10,14,18,21-22,24,26H,1,4,11-13H2,2H3,(H,25,27)/t18-,21?,22-/m0/s1. The van der Waals surface area contributed by atoms with Crippen molar-refractivity contribution in [2.45, 2.75) is 25.4 Å². The van der Waals surface area contributed by atoms with Crippen LogP contribution >= 0.6 is 0 Å². The van der Waals surface area contributed by atoms with Crippen molar-refractivity contribution in [2.75, 3.05) is 25.0 Å². The molecule has 146 valence electrons. The summed E-state index contributed by atoms with van der Waals surface area (Å²) < 4.78 is 5.58. The third-order valence-electron chi connectivity index (χ3n) is 5.62. The summed E-state index contributed by atoms with van der Waals surface area (Å²) in [6, 6.07) is 14.8. The van der Waals surface area contributed by atoms with E-state index in [0.717, 1.165) is 24.4 Å². The van der Waals surface area contributed by atoms with Crippen LogP contribution in [0.5, 0.6) is 5.75 Å². The summed E-state index contributed by atoms with van der Waals surface area (Å²) in [5.41, 5.74) is 4.22. The number of fused-ring (bicyclic) bond motifs is 3. The van der Waals surface area contributed by atoms with Crippen molar-refractivity contribution in [1.82, 2.24) is 10.6 Å². The number of ether oxygens (including phenoxy) is 1. The zero-order valence-electron chi connectivity index (χ0n) is 16.2. The van der Waals surface area contributed by atoms with E-state index in [1.165, 1.54) is 11.1 Å². The molecule has 2 heterocycles. The largest absolute Gasteiger partial charge is 0.494 e. The Morgan fingerprint density at radius 1 is 1.25 bits per heavy atom. The van der Waals surface area contributed by atoms with Gasteiger partial charge in [-0.2, -0.15) is 0 Å². The van der Waals surface area contributed by atoms with E-state index in [9.17, 15) is 4.79 Å². The van der Waals surface area contributed by atoms with Crippen molar-refractivity contribution >= 4 is 11.6 Å². The molecule has 1 unspecified atom stereocenters. The number of amides is 1. The molecule has 5 nitrogen and oxygen atoms in total. The first kappa shape index (κ1) is 18.6. The minimum Gasteiger partial charge on any atom is -0.494 e. The van der Waals surface area contributed by atoms with Crippen molar-refractivity contribution in [3.8, 4) is 5.75 Å². The molecule has 2 aliphatic rings. The van der Waals surface area contributed by atoms with Crippen LogP contribution in [0.2, 0.25) is 0 Å². The first-order chi connectivity index (χ1) is 13.7. The lowest BCUT2D eigenvalue weighted by atomic mass is 9.80. The molecule has 1 saturated heterocycles. The Bertz CT molecular complexity index is 863. The van der Waals surface area contributed by atoms with Gasteiger partial charge in [-0.25, -0.2) is 0 Å². The second-order valence-corrected chi connectivity index (χ2v) is 7.31. The summed E-state index contributed by atoms with van der Waals surface area (Å²) in [4.78, 5) is 12.3. The summed E-state index contributed by atoms with van der Waals surface area (Å²) >= 11 is 0. The van der Waals surface area contributed by atoms with E-state index in [1.807, 2.05) is 37.3 Å². The van der Waals surface area contributed by atoms with Crippen molar-refractivity contribution in [3.63, 3.8) is 0 Å². The monoisotopic (exact) mass is 377 g/mol. The van der Waals surface area contributed by atoms with Gasteiger partial charge < -0.3 is 20.7 Å². The summed E-state index contributed by atoms with van der Waals surface area (Å²) in [5.74, 6) is 1.28. The molecule has 1 amide bonds. The molecule has 5 heteroatoms. The van der Waals surface area contributed by atoms with Crippen LogP contribution in [0.15, 0.2) is 55.1 Å². The average molecular weight is 377 g/mol. The molecule has 1 fully saturated rings. The van der Waals surface area contributed by atoms with Gasteiger partial charge in [0, 0.05) is 29.8 Å². The van der Waals surface area contributed by atoms with Gasteiger partial charge in [0.2, 0.25) is 0 Å². The Morgan fingerprint density at radius 3 is 2.82 bits per heavy atom. The van der Waals surface area contributed by atoms with Gasteiger partial charge in [0.05, 0.1) is 12.6 Å². The molecule has 0 bridgehead atoms. The smallest absolute Gasteiger partial charge is 0.251 e. The van der Waals surface area contributed by atoms with Crippen molar-refractivity contribution in [1.29, 1.82) is 0 Å². The fourth-order valence-electron chi connectivity index (χ4n) is 4.33. The van der Waals surface area contributed by atoms with Crippen LogP contribution in [-0.4, -0.2) is 25.6 Å². The third-order valence-corrected chi connectivity index (χ3v) is 5.62. The quantitative estimate of drug-likeness (QED) is 0.670. The van der Waals surface area contributed by atoms with Crippen molar-refractivity contribution < 1.29 is 9.53 Å². The molecule has 4 rings (SSSR count). The predicted molar refractivity (Wildman–Crippen MR) is 112 cm³/mol. The van der Waals surface area contributed by atoms with Crippen LogP contribution in [0.1, 0.15) is 46.9 Å². The highest BCUT2D eigenvalue weighted by Gasteiger charge is 2.40. The molecule has 28 heavy (non-hydrogen) atoms. The minimum absolute atomic E-state index is 0.0640. The van der Waals surface area contributed by atoms with E-state index in [1.54, 1.807) is 6.08 Å². The number of carbonyl (C=O) groups excluding carboxylic acids is 1. The molecule has 2 aliphatic heterocycles. The van der Waals surface area contributed by atoms with E-state index >= 15 is 0 Å². The maximum Gasteiger partial charge on any atom is 0.251 e. The highest BCUT2D eigenvalue weighted by Crippen LogP contribution is 2.47. The fourth-order valence-corrected chi connectivity index (χ4v) is 4.33. The van der Waals surface area contributed by atoms with Gasteiger partial charge in [0.25, 0.3) is 5.91 Å². The van der Waals surface area contributed by atoms with Crippen LogP contribution in [-0.2, 0) is 0 Å². The zero-order chi connectivity index (χ0) is 19.5. The van der Waals surface area contributed by atoms with Crippen LogP contribution in [0, 0.1) is 5.92 Å². The fraction of sp³-hybridized carbons (Fsp3) is 0.348. The summed E-state index contributed by atoms with van der Waals surface area (Å²) in [5, 5.41) is 10.2. The van der Waals surface area contributed by atoms with E-state index in [4.69, 9.17) is 4.74 Å². The van der Waals surface area contributed by atoms with Crippen LogP contribution in [0.3, 0.4) is 0 Å². The maximum atomic E-state index is 12.3. The van der Waals surface area contributed by atoms with Gasteiger partial charge in [0.1, 0.15) is 5.75 Å². The van der Waals surface area contributed by atoms with E-state index in [2.05, 4.69) is 34.7 Å². The first-order valence-electron chi connectivity index (χ1n) is 9.97. The van der Waals surface area contributed by atoms with Crippen LogP contribution in [0.4, 0.5) is 5.69 Å². The predicted octanol–water partition coefficient (Wildman–Crippen LogP) is 3.82. The number of hydrogen-bond acceptors (Lipinski definition) is 4. The topological polar surface area (TPSA) is 62.4 Å². The van der Waals surface area contributed by atoms with Gasteiger partial charge in [-0.15, -0.1) is 6.58 Å². The maximum absolute atomic E-state index is 12.3. The van der Waals surface area contributed by atoms with E-state index < -0.39 is 0 Å². The lowest BCUT2D eigenvalue weighted by Crippen LogP contribution is -2.33. The first-order valence-corrected chi connectivity index (χ1v) is 9.97. The van der Waals surface area contributed by atoms with Gasteiger partial charge in [-0.3, -0.25) is 4.79 Å². The summed E-state index contributed by atoms with van der Waals surface area (Å²) in [7, 11) is 0. The van der Waals surface area contributed by atoms with Crippen LogP contribution < -0.4 is 20.7 Å². The van der Waals surface area contributed by atoms with Crippen molar-refractivity contribution in [2.24, 2.45) is 5.92 Å². The normalized spacial score (nSPS) is 22.5. The van der Waals surface area contributed by atoms with Crippen LogP contribution in [0.25, 0.3) is 0 Å². The molecular formula is C23H27N3O2. The molecule has 0 spiro atoms. The number of anilines is 1. The lowest BCUT2D eigenvalue weighted by molar-refractivity contribution is 0.0958. The van der Waals surface area contributed by atoms with E-state index in [-0.39, 0.29) is 18.0 Å². The average Bonchev–Trinajstić information content (AvgIpc) is 3.22. The Balaban J connectivity index is 1.62. The number of nitrogens with one attached hydrogen (secondary N) is 3. The Morgan fingerprint density at radius 2 is 2.07 bits per heavy atom. The van der Waals surface area contributed by atoms with Gasteiger partial charge in [0.15, 0.2) is 0 Å².